The number of benzene rings is 1. The number of aromatic carboxylic acids is 1. The molecule has 1 heterocycles. The Bertz CT molecular complexity index is 640. The second-order valence-corrected chi connectivity index (χ2v) is 8.15. The van der Waals surface area contributed by atoms with E-state index in [-0.39, 0.29) is 5.56 Å². The molecule has 5 heteroatoms. The van der Waals surface area contributed by atoms with Crippen LogP contribution in [0.1, 0.15) is 54.4 Å². The van der Waals surface area contributed by atoms with Gasteiger partial charge in [-0.3, -0.25) is 4.90 Å². The van der Waals surface area contributed by atoms with Gasteiger partial charge in [-0.2, -0.15) is 0 Å². The van der Waals surface area contributed by atoms with E-state index in [1.54, 1.807) is 19.2 Å². The molecular formula is C20H28N2O3. The van der Waals surface area contributed by atoms with E-state index in [0.29, 0.717) is 11.2 Å². The van der Waals surface area contributed by atoms with Crippen LogP contribution in [0.4, 0.5) is 0 Å². The van der Waals surface area contributed by atoms with Gasteiger partial charge in [0, 0.05) is 24.2 Å². The summed E-state index contributed by atoms with van der Waals surface area (Å²) in [6.45, 7) is 3.09. The number of likely N-dealkylation sites (tertiary alicyclic amines) is 1. The summed E-state index contributed by atoms with van der Waals surface area (Å²) < 4.78 is 5.41. The number of carboxylic acids is 1. The van der Waals surface area contributed by atoms with Gasteiger partial charge in [0.25, 0.3) is 0 Å². The molecule has 0 bridgehead atoms. The minimum absolute atomic E-state index is 0.280. The van der Waals surface area contributed by atoms with Crippen molar-refractivity contribution in [3.05, 3.63) is 29.3 Å². The summed E-state index contributed by atoms with van der Waals surface area (Å²) in [7, 11) is 1.61. The topological polar surface area (TPSA) is 61.8 Å². The monoisotopic (exact) mass is 344 g/mol. The fraction of sp³-hybridized carbons (Fsp3) is 0.650. The number of hydrogen-bond acceptors (Lipinski definition) is 4. The van der Waals surface area contributed by atoms with E-state index in [1.165, 1.54) is 38.5 Å². The second-order valence-electron chi connectivity index (χ2n) is 8.15. The highest BCUT2D eigenvalue weighted by molar-refractivity contribution is 5.88. The van der Waals surface area contributed by atoms with Crippen LogP contribution in [-0.2, 0) is 6.54 Å². The number of carbonyl (C=O) groups is 1. The highest BCUT2D eigenvalue weighted by Crippen LogP contribution is 2.50. The van der Waals surface area contributed by atoms with E-state index in [9.17, 15) is 4.79 Å². The maximum atomic E-state index is 11.1. The lowest BCUT2D eigenvalue weighted by molar-refractivity contribution is 0.00309. The van der Waals surface area contributed by atoms with Crippen molar-refractivity contribution in [2.45, 2.75) is 57.2 Å². The third kappa shape index (κ3) is 3.67. The first-order valence-electron chi connectivity index (χ1n) is 9.45. The van der Waals surface area contributed by atoms with Gasteiger partial charge in [0.15, 0.2) is 0 Å². The lowest BCUT2D eigenvalue weighted by atomic mass is 9.60. The molecule has 4 rings (SSSR count). The number of carboxylic acid groups (broad SMARTS) is 1. The Morgan fingerprint density at radius 2 is 2.00 bits per heavy atom. The Balaban J connectivity index is 1.30. The van der Waals surface area contributed by atoms with E-state index in [1.807, 2.05) is 6.07 Å². The highest BCUT2D eigenvalue weighted by Gasteiger charge is 2.46. The largest absolute Gasteiger partial charge is 0.496 e. The first-order chi connectivity index (χ1) is 12.1. The Hall–Kier alpha value is -1.59. The predicted octanol–water partition coefficient (Wildman–Crippen LogP) is 2.89. The number of hydrogen-bond donors (Lipinski definition) is 2. The molecule has 5 nitrogen and oxygen atoms in total. The van der Waals surface area contributed by atoms with Crippen molar-refractivity contribution in [3.63, 3.8) is 0 Å². The van der Waals surface area contributed by atoms with Gasteiger partial charge in [-0.25, -0.2) is 4.79 Å². The Kier molecular flexibility index (Phi) is 4.46. The van der Waals surface area contributed by atoms with E-state index >= 15 is 0 Å². The number of ether oxygens (including phenoxy) is 1. The number of piperidine rings is 1. The minimum Gasteiger partial charge on any atom is -0.496 e. The van der Waals surface area contributed by atoms with Gasteiger partial charge in [0.1, 0.15) is 5.75 Å². The number of nitrogens with zero attached hydrogens (tertiary/aromatic N) is 1. The Morgan fingerprint density at radius 3 is 2.60 bits per heavy atom. The van der Waals surface area contributed by atoms with Gasteiger partial charge in [0.05, 0.1) is 12.7 Å². The van der Waals surface area contributed by atoms with Crippen LogP contribution in [0.15, 0.2) is 18.2 Å². The molecule has 3 aliphatic rings. The minimum atomic E-state index is -0.913. The van der Waals surface area contributed by atoms with Gasteiger partial charge in [0.2, 0.25) is 0 Å². The van der Waals surface area contributed by atoms with Crippen molar-refractivity contribution in [3.8, 4) is 5.75 Å². The van der Waals surface area contributed by atoms with Crippen LogP contribution in [0.25, 0.3) is 0 Å². The summed E-state index contributed by atoms with van der Waals surface area (Å²) in [6, 6.07) is 6.78. The normalized spacial score (nSPS) is 23.4. The second kappa shape index (κ2) is 6.61. The van der Waals surface area contributed by atoms with Crippen LogP contribution in [0.2, 0.25) is 0 Å². The van der Waals surface area contributed by atoms with Crippen LogP contribution in [-0.4, -0.2) is 48.3 Å². The number of rotatable bonds is 6. The summed E-state index contributed by atoms with van der Waals surface area (Å²) in [4.78, 5) is 13.6. The lowest BCUT2D eigenvalue weighted by Gasteiger charge is -2.52. The summed E-state index contributed by atoms with van der Waals surface area (Å²) in [5.74, 6) is -0.235. The van der Waals surface area contributed by atoms with Crippen molar-refractivity contribution in [2.24, 2.45) is 5.41 Å². The molecule has 1 aliphatic heterocycles. The summed E-state index contributed by atoms with van der Waals surface area (Å²) in [5.41, 5.74) is 1.94. The molecule has 1 aromatic carbocycles. The van der Waals surface area contributed by atoms with Gasteiger partial charge in [-0.1, -0.05) is 6.07 Å². The molecule has 1 aromatic rings. The van der Waals surface area contributed by atoms with Gasteiger partial charge >= 0.3 is 5.97 Å². The molecule has 1 saturated heterocycles. The van der Waals surface area contributed by atoms with Crippen LogP contribution in [0.5, 0.6) is 5.75 Å². The smallest absolute Gasteiger partial charge is 0.335 e. The van der Waals surface area contributed by atoms with E-state index in [2.05, 4.69) is 10.2 Å². The van der Waals surface area contributed by atoms with Crippen molar-refractivity contribution < 1.29 is 14.6 Å². The van der Waals surface area contributed by atoms with Gasteiger partial charge < -0.3 is 15.2 Å². The van der Waals surface area contributed by atoms with Crippen LogP contribution in [0.3, 0.4) is 0 Å². The predicted molar refractivity (Wildman–Crippen MR) is 96.1 cm³/mol. The van der Waals surface area contributed by atoms with E-state index in [0.717, 1.165) is 37.3 Å². The summed E-state index contributed by atoms with van der Waals surface area (Å²) >= 11 is 0. The van der Waals surface area contributed by atoms with Crippen LogP contribution >= 0.6 is 0 Å². The van der Waals surface area contributed by atoms with Crippen molar-refractivity contribution >= 4 is 5.97 Å². The molecule has 25 heavy (non-hydrogen) atoms. The first kappa shape index (κ1) is 16.9. The third-order valence-electron chi connectivity index (χ3n) is 6.25. The Labute approximate surface area is 149 Å². The molecule has 3 fully saturated rings. The molecule has 2 aliphatic carbocycles. The van der Waals surface area contributed by atoms with Crippen LogP contribution < -0.4 is 10.1 Å². The zero-order valence-corrected chi connectivity index (χ0v) is 15.0. The van der Waals surface area contributed by atoms with E-state index < -0.39 is 5.97 Å². The zero-order chi connectivity index (χ0) is 17.4. The quantitative estimate of drug-likeness (QED) is 0.831. The number of nitrogens with one attached hydrogen (secondary N) is 1. The fourth-order valence-corrected chi connectivity index (χ4v) is 4.53. The maximum absolute atomic E-state index is 11.1. The molecule has 2 N–H and O–H groups in total. The molecule has 0 radical (unpaired) electrons. The van der Waals surface area contributed by atoms with Crippen LogP contribution in [0, 0.1) is 5.41 Å². The van der Waals surface area contributed by atoms with E-state index in [4.69, 9.17) is 9.84 Å². The van der Waals surface area contributed by atoms with Crippen molar-refractivity contribution in [2.75, 3.05) is 20.2 Å². The maximum Gasteiger partial charge on any atom is 0.335 e. The molecule has 0 unspecified atom stereocenters. The average Bonchev–Trinajstić information content (AvgIpc) is 3.39. The summed E-state index contributed by atoms with van der Waals surface area (Å²) in [6.07, 6.45) is 8.03. The third-order valence-corrected chi connectivity index (χ3v) is 6.25. The molecular weight excluding hydrogens is 316 g/mol. The van der Waals surface area contributed by atoms with Crippen molar-refractivity contribution in [1.82, 2.24) is 10.2 Å². The molecule has 136 valence electrons. The van der Waals surface area contributed by atoms with Gasteiger partial charge in [-0.15, -0.1) is 0 Å². The molecule has 2 saturated carbocycles. The fourth-order valence-electron chi connectivity index (χ4n) is 4.53. The molecule has 0 amide bonds. The Morgan fingerprint density at radius 1 is 1.28 bits per heavy atom. The molecule has 1 spiro atoms. The summed E-state index contributed by atoms with van der Waals surface area (Å²) in [5, 5.41) is 12.9. The lowest BCUT2D eigenvalue weighted by Crippen LogP contribution is -2.54. The SMILES string of the molecule is COc1cc(C(=O)O)ccc1CN1CCC2(CC1)CC(NC1CC1)C2. The zero-order valence-electron chi connectivity index (χ0n) is 15.0. The number of methoxy groups -OCH3 is 1. The molecule has 0 atom stereocenters. The van der Waals surface area contributed by atoms with Gasteiger partial charge in [-0.05, 0) is 69.2 Å². The van der Waals surface area contributed by atoms with Crippen molar-refractivity contribution in [1.29, 1.82) is 0 Å². The standard InChI is InChI=1S/C20H28N2O3/c1-25-18-10-14(19(23)24)2-3-15(18)13-22-8-6-20(7-9-22)11-17(12-20)21-16-4-5-16/h2-3,10,16-17,21H,4-9,11-13H2,1H3,(H,23,24). The molecule has 0 aromatic heterocycles. The highest BCUT2D eigenvalue weighted by atomic mass is 16.5. The first-order valence-corrected chi connectivity index (χ1v) is 9.45. The average molecular weight is 344 g/mol.